The van der Waals surface area contributed by atoms with Crippen LogP contribution in [-0.2, 0) is 10.0 Å². The zero-order valence-corrected chi connectivity index (χ0v) is 11.5. The van der Waals surface area contributed by atoms with Crippen molar-refractivity contribution in [2.75, 3.05) is 12.3 Å². The Bertz CT molecular complexity index is 720. The molecule has 0 bridgehead atoms. The number of nitrogens with zero attached hydrogens (tertiary/aromatic N) is 2. The third-order valence-corrected chi connectivity index (χ3v) is 4.38. The molecule has 6 heteroatoms. The van der Waals surface area contributed by atoms with E-state index >= 15 is 0 Å². The highest BCUT2D eigenvalue weighted by molar-refractivity contribution is 7.90. The molecule has 0 amide bonds. The van der Waals surface area contributed by atoms with Crippen LogP contribution in [0, 0.1) is 0 Å². The van der Waals surface area contributed by atoms with Crippen molar-refractivity contribution < 1.29 is 8.42 Å². The number of hydrogen-bond acceptors (Lipinski definition) is 3. The van der Waals surface area contributed by atoms with E-state index in [4.69, 9.17) is 11.6 Å². The fourth-order valence-corrected chi connectivity index (χ4v) is 3.27. The summed E-state index contributed by atoms with van der Waals surface area (Å²) in [6, 6.07) is 7.30. The number of halogens is 1. The first kappa shape index (κ1) is 12.4. The number of allylic oxidation sites excluding steroid dienone is 2. The molecule has 1 aromatic carbocycles. The van der Waals surface area contributed by atoms with Crippen LogP contribution in [0.15, 0.2) is 47.0 Å². The van der Waals surface area contributed by atoms with E-state index in [0.29, 0.717) is 17.4 Å². The highest BCUT2D eigenvalue weighted by Gasteiger charge is 2.27. The smallest absolute Gasteiger partial charge is 0.256 e. The van der Waals surface area contributed by atoms with Gasteiger partial charge in [-0.3, -0.25) is 0 Å². The number of benzene rings is 1. The molecule has 0 fully saturated rings. The molecule has 98 valence electrons. The van der Waals surface area contributed by atoms with Gasteiger partial charge in [0.05, 0.1) is 5.75 Å². The van der Waals surface area contributed by atoms with Crippen molar-refractivity contribution in [1.29, 1.82) is 0 Å². The molecule has 0 saturated carbocycles. The van der Waals surface area contributed by atoms with Gasteiger partial charge < -0.3 is 4.90 Å². The number of hydrogen-bond donors (Lipinski definition) is 0. The first-order chi connectivity index (χ1) is 9.05. The van der Waals surface area contributed by atoms with Gasteiger partial charge in [0.2, 0.25) is 0 Å². The second-order valence-corrected chi connectivity index (χ2v) is 6.52. The van der Waals surface area contributed by atoms with Gasteiger partial charge in [-0.15, -0.1) is 4.40 Å². The van der Waals surface area contributed by atoms with Crippen molar-refractivity contribution in [3.05, 3.63) is 53.2 Å². The van der Waals surface area contributed by atoms with Crippen LogP contribution < -0.4 is 0 Å². The van der Waals surface area contributed by atoms with Crippen molar-refractivity contribution in [3.8, 4) is 0 Å². The predicted molar refractivity (Wildman–Crippen MR) is 76.5 cm³/mol. The second kappa shape index (κ2) is 4.51. The summed E-state index contributed by atoms with van der Waals surface area (Å²) >= 11 is 5.98. The summed E-state index contributed by atoms with van der Waals surface area (Å²) in [4.78, 5) is 1.84. The summed E-state index contributed by atoms with van der Waals surface area (Å²) in [5.74, 6) is 0.514. The van der Waals surface area contributed by atoms with E-state index in [0.717, 1.165) is 11.1 Å². The van der Waals surface area contributed by atoms with Gasteiger partial charge in [0.15, 0.2) is 5.84 Å². The van der Waals surface area contributed by atoms with Gasteiger partial charge in [0, 0.05) is 23.3 Å². The summed E-state index contributed by atoms with van der Waals surface area (Å²) in [6.07, 6.45) is 5.57. The fraction of sp³-hybridized carbons (Fsp3) is 0.154. The van der Waals surface area contributed by atoms with E-state index < -0.39 is 10.0 Å². The molecule has 4 nitrogen and oxygen atoms in total. The summed E-state index contributed by atoms with van der Waals surface area (Å²) < 4.78 is 27.2. The monoisotopic (exact) mass is 294 g/mol. The maximum absolute atomic E-state index is 11.7. The van der Waals surface area contributed by atoms with Gasteiger partial charge in [-0.1, -0.05) is 23.7 Å². The molecule has 2 heterocycles. The van der Waals surface area contributed by atoms with Crippen LogP contribution in [0.5, 0.6) is 0 Å². The zero-order valence-electron chi connectivity index (χ0n) is 9.95. The molecule has 19 heavy (non-hydrogen) atoms. The molecule has 0 aromatic heterocycles. The third kappa shape index (κ3) is 2.43. The third-order valence-electron chi connectivity index (χ3n) is 2.99. The van der Waals surface area contributed by atoms with Gasteiger partial charge >= 0.3 is 0 Å². The van der Waals surface area contributed by atoms with Crippen LogP contribution in [0.25, 0.3) is 5.57 Å². The molecule has 1 aromatic rings. The predicted octanol–water partition coefficient (Wildman–Crippen LogP) is 2.29. The van der Waals surface area contributed by atoms with Gasteiger partial charge in [0.1, 0.15) is 0 Å². The Morgan fingerprint density at radius 3 is 2.95 bits per heavy atom. The number of rotatable bonds is 1. The maximum atomic E-state index is 11.7. The zero-order chi connectivity index (χ0) is 13.5. The standard InChI is InChI=1S/C13H11ClN2O2S/c14-11-4-1-3-10(9-11)12-5-2-6-16-7-8-19(17,18)15-13(12)16/h1-6,9H,7-8H2. The van der Waals surface area contributed by atoms with E-state index in [-0.39, 0.29) is 5.75 Å². The molecular weight excluding hydrogens is 284 g/mol. The molecule has 2 aliphatic rings. The molecule has 2 aliphatic heterocycles. The Kier molecular flexibility index (Phi) is 2.95. The quantitative estimate of drug-likeness (QED) is 0.798. The molecule has 0 aliphatic carbocycles. The van der Waals surface area contributed by atoms with Gasteiger partial charge in [-0.05, 0) is 29.8 Å². The highest BCUT2D eigenvalue weighted by atomic mass is 35.5. The van der Waals surface area contributed by atoms with Crippen LogP contribution in [-0.4, -0.2) is 31.5 Å². The minimum absolute atomic E-state index is 0.0453. The lowest BCUT2D eigenvalue weighted by Crippen LogP contribution is -2.37. The Morgan fingerprint density at radius 1 is 1.32 bits per heavy atom. The Morgan fingerprint density at radius 2 is 2.16 bits per heavy atom. The van der Waals surface area contributed by atoms with Crippen molar-refractivity contribution in [1.82, 2.24) is 4.90 Å². The SMILES string of the molecule is O=S1(=O)CCN2C=CC=C(c3cccc(Cl)c3)C2=N1. The molecule has 0 saturated heterocycles. The van der Waals surface area contributed by atoms with Crippen LogP contribution in [0.4, 0.5) is 0 Å². The highest BCUT2D eigenvalue weighted by Crippen LogP contribution is 2.26. The second-order valence-electron chi connectivity index (χ2n) is 4.33. The van der Waals surface area contributed by atoms with Crippen LogP contribution >= 0.6 is 11.6 Å². The van der Waals surface area contributed by atoms with E-state index in [1.54, 1.807) is 12.1 Å². The van der Waals surface area contributed by atoms with Crippen LogP contribution in [0.1, 0.15) is 5.56 Å². The van der Waals surface area contributed by atoms with E-state index in [2.05, 4.69) is 4.40 Å². The van der Waals surface area contributed by atoms with Crippen molar-refractivity contribution in [2.45, 2.75) is 0 Å². The lowest BCUT2D eigenvalue weighted by molar-refractivity contribution is 0.550. The molecule has 0 spiro atoms. The molecular formula is C13H11ClN2O2S. The number of amidine groups is 1. The van der Waals surface area contributed by atoms with Gasteiger partial charge in [0.25, 0.3) is 10.0 Å². The number of fused-ring (bicyclic) bond motifs is 1. The Hall–Kier alpha value is -1.59. The molecule has 0 unspecified atom stereocenters. The van der Waals surface area contributed by atoms with Crippen molar-refractivity contribution in [2.24, 2.45) is 4.40 Å². The first-order valence-corrected chi connectivity index (χ1v) is 7.78. The van der Waals surface area contributed by atoms with Gasteiger partial charge in [-0.25, -0.2) is 8.42 Å². The Balaban J connectivity index is 2.13. The van der Waals surface area contributed by atoms with Gasteiger partial charge in [-0.2, -0.15) is 0 Å². The molecule has 0 N–H and O–H groups in total. The average molecular weight is 295 g/mol. The maximum Gasteiger partial charge on any atom is 0.256 e. The van der Waals surface area contributed by atoms with E-state index in [1.165, 1.54) is 0 Å². The molecule has 3 rings (SSSR count). The minimum atomic E-state index is -3.37. The fourth-order valence-electron chi connectivity index (χ4n) is 2.10. The lowest BCUT2D eigenvalue weighted by Gasteiger charge is -2.29. The van der Waals surface area contributed by atoms with E-state index in [9.17, 15) is 8.42 Å². The van der Waals surface area contributed by atoms with Crippen molar-refractivity contribution in [3.63, 3.8) is 0 Å². The van der Waals surface area contributed by atoms with Crippen LogP contribution in [0.2, 0.25) is 5.02 Å². The summed E-state index contributed by atoms with van der Waals surface area (Å²) in [6.45, 7) is 0.426. The molecule has 0 atom stereocenters. The van der Waals surface area contributed by atoms with E-state index in [1.807, 2.05) is 35.4 Å². The summed E-state index contributed by atoms with van der Waals surface area (Å²) in [5, 5.41) is 0.610. The largest absolute Gasteiger partial charge is 0.331 e. The van der Waals surface area contributed by atoms with Crippen molar-refractivity contribution >= 4 is 33.0 Å². The summed E-state index contributed by atoms with van der Waals surface area (Å²) in [7, 11) is -3.37. The minimum Gasteiger partial charge on any atom is -0.331 e. The average Bonchev–Trinajstić information content (AvgIpc) is 2.37. The Labute approximate surface area is 116 Å². The summed E-state index contributed by atoms with van der Waals surface area (Å²) in [5.41, 5.74) is 1.63. The number of sulfonamides is 1. The topological polar surface area (TPSA) is 49.7 Å². The first-order valence-electron chi connectivity index (χ1n) is 5.79. The van der Waals surface area contributed by atoms with Crippen LogP contribution in [0.3, 0.4) is 0 Å². The normalized spacial score (nSPS) is 20.6. The lowest BCUT2D eigenvalue weighted by atomic mass is 10.0. The molecule has 0 radical (unpaired) electrons.